The lowest BCUT2D eigenvalue weighted by Gasteiger charge is -2.59. The van der Waals surface area contributed by atoms with Gasteiger partial charge < -0.3 is 4.74 Å². The molecular weight excluding hydrogens is 388 g/mol. The fourth-order valence-corrected chi connectivity index (χ4v) is 8.15. The van der Waals surface area contributed by atoms with Crippen molar-refractivity contribution < 1.29 is 19.1 Å². The van der Waals surface area contributed by atoms with Crippen LogP contribution in [0.3, 0.4) is 0 Å². The topological polar surface area (TPSA) is 60.4 Å². The first-order valence-corrected chi connectivity index (χ1v) is 12.7. The average Bonchev–Trinajstić information content (AvgIpc) is 3.06. The van der Waals surface area contributed by atoms with E-state index in [1.807, 2.05) is 6.08 Å². The number of unbranched alkanes of at least 4 members (excludes halogenated alkanes) is 2. The molecule has 0 radical (unpaired) electrons. The second-order valence-electron chi connectivity index (χ2n) is 11.3. The lowest BCUT2D eigenvalue weighted by Crippen LogP contribution is -2.56. The summed E-state index contributed by atoms with van der Waals surface area (Å²) in [5, 5.41) is 0. The number of rotatable bonds is 6. The molecule has 172 valence electrons. The van der Waals surface area contributed by atoms with E-state index in [1.54, 1.807) is 6.92 Å². The van der Waals surface area contributed by atoms with E-state index in [0.29, 0.717) is 36.4 Å². The predicted octanol–water partition coefficient (Wildman–Crippen LogP) is 5.83. The van der Waals surface area contributed by atoms with Gasteiger partial charge in [-0.15, -0.1) is 0 Å². The summed E-state index contributed by atoms with van der Waals surface area (Å²) in [6.45, 7) is 8.53. The minimum Gasteiger partial charge on any atom is -0.461 e. The predicted molar refractivity (Wildman–Crippen MR) is 120 cm³/mol. The van der Waals surface area contributed by atoms with Crippen LogP contribution in [-0.2, 0) is 19.1 Å². The zero-order chi connectivity index (χ0) is 22.4. The van der Waals surface area contributed by atoms with Crippen LogP contribution in [0, 0.1) is 34.5 Å². The number of ether oxygens (including phenoxy) is 1. The first-order chi connectivity index (χ1) is 14.7. The summed E-state index contributed by atoms with van der Waals surface area (Å²) < 4.78 is 6.07. The third-order valence-corrected chi connectivity index (χ3v) is 9.79. The van der Waals surface area contributed by atoms with Gasteiger partial charge in [-0.3, -0.25) is 14.4 Å². The fraction of sp³-hybridized carbons (Fsp3) is 0.815. The van der Waals surface area contributed by atoms with Crippen molar-refractivity contribution in [2.24, 2.45) is 34.5 Å². The van der Waals surface area contributed by atoms with Crippen LogP contribution in [0.2, 0.25) is 0 Å². The van der Waals surface area contributed by atoms with Crippen LogP contribution in [0.1, 0.15) is 98.3 Å². The van der Waals surface area contributed by atoms with E-state index in [0.717, 1.165) is 57.8 Å². The summed E-state index contributed by atoms with van der Waals surface area (Å²) in [4.78, 5) is 37.5. The second kappa shape index (κ2) is 8.48. The number of Topliss-reactive ketones (excluding diaryl/α,β-unsaturated/α-hetero) is 1. The average molecular weight is 429 g/mol. The van der Waals surface area contributed by atoms with E-state index < -0.39 is 0 Å². The Hall–Kier alpha value is -1.45. The number of esters is 1. The van der Waals surface area contributed by atoms with Crippen molar-refractivity contribution in [1.82, 2.24) is 0 Å². The summed E-state index contributed by atoms with van der Waals surface area (Å²) in [5.41, 5.74) is 1.08. The molecule has 4 rings (SSSR count). The van der Waals surface area contributed by atoms with Crippen molar-refractivity contribution in [3.05, 3.63) is 11.6 Å². The Morgan fingerprint density at radius 1 is 1.10 bits per heavy atom. The molecule has 0 spiro atoms. The monoisotopic (exact) mass is 428 g/mol. The Morgan fingerprint density at radius 2 is 1.87 bits per heavy atom. The van der Waals surface area contributed by atoms with Gasteiger partial charge in [-0.05, 0) is 81.1 Å². The molecule has 0 aromatic rings. The van der Waals surface area contributed by atoms with Crippen molar-refractivity contribution in [2.45, 2.75) is 104 Å². The third-order valence-electron chi connectivity index (χ3n) is 9.79. The van der Waals surface area contributed by atoms with Crippen LogP contribution in [0.5, 0.6) is 0 Å². The van der Waals surface area contributed by atoms with Crippen molar-refractivity contribution >= 4 is 17.5 Å². The van der Waals surface area contributed by atoms with Crippen molar-refractivity contribution in [3.63, 3.8) is 0 Å². The van der Waals surface area contributed by atoms with E-state index in [1.165, 1.54) is 5.57 Å². The summed E-state index contributed by atoms with van der Waals surface area (Å²) in [6, 6.07) is 0. The maximum atomic E-state index is 12.6. The third kappa shape index (κ3) is 3.72. The van der Waals surface area contributed by atoms with E-state index in [9.17, 15) is 14.4 Å². The molecule has 7 atom stereocenters. The normalized spacial score (nSPS) is 41.6. The molecular formula is C27H40O4. The Morgan fingerprint density at radius 3 is 2.58 bits per heavy atom. The molecule has 4 aliphatic rings. The Kier molecular flexibility index (Phi) is 6.22. The SMILES string of the molecule is CCCCCC(=O)OC1CC(=O)C=C2CCC3C(CC[C@@]4(C)C3CC[C@H]4C(C)=O)[C@]21C. The zero-order valence-corrected chi connectivity index (χ0v) is 19.9. The molecule has 4 nitrogen and oxygen atoms in total. The Bertz CT molecular complexity index is 782. The molecule has 0 saturated heterocycles. The van der Waals surface area contributed by atoms with Crippen LogP contribution in [-0.4, -0.2) is 23.6 Å². The van der Waals surface area contributed by atoms with Gasteiger partial charge in [-0.25, -0.2) is 0 Å². The molecule has 0 amide bonds. The zero-order valence-electron chi connectivity index (χ0n) is 19.9. The van der Waals surface area contributed by atoms with Gasteiger partial charge in [0.05, 0.1) is 0 Å². The summed E-state index contributed by atoms with van der Waals surface area (Å²) in [6.07, 6.45) is 11.6. The maximum absolute atomic E-state index is 12.6. The highest BCUT2D eigenvalue weighted by Gasteiger charge is 2.62. The quantitative estimate of drug-likeness (QED) is 0.395. The van der Waals surface area contributed by atoms with Crippen LogP contribution in [0.15, 0.2) is 11.6 Å². The Balaban J connectivity index is 1.59. The number of ketones is 2. The Labute approximate surface area is 187 Å². The van der Waals surface area contributed by atoms with Gasteiger partial charge >= 0.3 is 5.97 Å². The van der Waals surface area contributed by atoms with Gasteiger partial charge in [0.15, 0.2) is 5.78 Å². The number of carbonyl (C=O) groups excluding carboxylic acids is 3. The highest BCUT2D eigenvalue weighted by Crippen LogP contribution is 2.67. The van der Waals surface area contributed by atoms with Gasteiger partial charge in [0.1, 0.15) is 11.9 Å². The molecule has 3 fully saturated rings. The number of hydrogen-bond acceptors (Lipinski definition) is 4. The van der Waals surface area contributed by atoms with Gasteiger partial charge in [0, 0.05) is 24.2 Å². The molecule has 0 aromatic heterocycles. The van der Waals surface area contributed by atoms with E-state index in [2.05, 4.69) is 20.8 Å². The molecule has 4 aliphatic carbocycles. The number of fused-ring (bicyclic) bond motifs is 5. The first-order valence-electron chi connectivity index (χ1n) is 12.7. The van der Waals surface area contributed by atoms with Crippen LogP contribution in [0.25, 0.3) is 0 Å². The molecule has 0 heterocycles. The largest absolute Gasteiger partial charge is 0.461 e. The molecule has 4 unspecified atom stereocenters. The molecule has 3 saturated carbocycles. The number of carbonyl (C=O) groups is 3. The lowest BCUT2D eigenvalue weighted by molar-refractivity contribution is -0.166. The number of hydrogen-bond donors (Lipinski definition) is 0. The van der Waals surface area contributed by atoms with E-state index in [4.69, 9.17) is 4.74 Å². The van der Waals surface area contributed by atoms with E-state index >= 15 is 0 Å². The molecule has 4 heteroatoms. The van der Waals surface area contributed by atoms with Crippen LogP contribution < -0.4 is 0 Å². The van der Waals surface area contributed by atoms with Crippen molar-refractivity contribution in [2.75, 3.05) is 0 Å². The summed E-state index contributed by atoms with van der Waals surface area (Å²) >= 11 is 0. The van der Waals surface area contributed by atoms with Gasteiger partial charge in [0.2, 0.25) is 0 Å². The molecule has 0 aromatic carbocycles. The smallest absolute Gasteiger partial charge is 0.306 e. The second-order valence-corrected chi connectivity index (χ2v) is 11.3. The standard InChI is InChI=1S/C27H40O4/c1-5-6-7-8-25(30)31-24-16-19(29)15-18-9-10-20-22-12-11-21(17(2)28)26(22,3)14-13-23(20)27(18,24)4/h15,20-24H,5-14,16H2,1-4H3/t20?,21-,22?,23?,24?,26+,27-/m0/s1. The fourth-order valence-electron chi connectivity index (χ4n) is 8.15. The maximum Gasteiger partial charge on any atom is 0.306 e. The van der Waals surface area contributed by atoms with Crippen LogP contribution >= 0.6 is 0 Å². The minimum absolute atomic E-state index is 0.107. The highest BCUT2D eigenvalue weighted by atomic mass is 16.5. The first kappa shape index (κ1) is 22.7. The summed E-state index contributed by atoms with van der Waals surface area (Å²) in [7, 11) is 0. The van der Waals surface area contributed by atoms with Crippen molar-refractivity contribution in [1.29, 1.82) is 0 Å². The minimum atomic E-state index is -0.337. The van der Waals surface area contributed by atoms with Crippen LogP contribution in [0.4, 0.5) is 0 Å². The summed E-state index contributed by atoms with van der Waals surface area (Å²) in [5.74, 6) is 2.07. The van der Waals surface area contributed by atoms with E-state index in [-0.39, 0.29) is 34.6 Å². The highest BCUT2D eigenvalue weighted by molar-refractivity contribution is 5.92. The molecule has 0 bridgehead atoms. The molecule has 31 heavy (non-hydrogen) atoms. The van der Waals surface area contributed by atoms with Gasteiger partial charge in [0.25, 0.3) is 0 Å². The van der Waals surface area contributed by atoms with Gasteiger partial charge in [-0.1, -0.05) is 39.2 Å². The molecule has 0 aliphatic heterocycles. The molecule has 0 N–H and O–H groups in total. The van der Waals surface area contributed by atoms with Crippen molar-refractivity contribution in [3.8, 4) is 0 Å². The van der Waals surface area contributed by atoms with Gasteiger partial charge in [-0.2, -0.15) is 0 Å². The lowest BCUT2D eigenvalue weighted by atomic mass is 9.46.